The Labute approximate surface area is 203 Å². The molecule has 180 valence electrons. The maximum atomic E-state index is 13.4. The normalized spacial score (nSPS) is 11.1. The molecule has 0 unspecified atom stereocenters. The van der Waals surface area contributed by atoms with E-state index in [1.807, 2.05) is 0 Å². The third-order valence-electron chi connectivity index (χ3n) is 5.72. The van der Waals surface area contributed by atoms with Crippen LogP contribution in [0.4, 0.5) is 8.78 Å². The highest BCUT2D eigenvalue weighted by Crippen LogP contribution is 2.18. The van der Waals surface area contributed by atoms with Crippen LogP contribution in [0.3, 0.4) is 0 Å². The molecule has 3 aromatic carbocycles. The topological polar surface area (TPSA) is 58.4 Å². The average molecular weight is 476 g/mol. The number of carbonyl (C=O) groups excluding carboxylic acids is 1. The Morgan fingerprint density at radius 2 is 1.54 bits per heavy atom. The van der Waals surface area contributed by atoms with Crippen molar-refractivity contribution in [2.75, 3.05) is 0 Å². The van der Waals surface area contributed by atoms with E-state index in [4.69, 9.17) is 4.42 Å². The molecule has 5 nitrogen and oxygen atoms in total. The molecule has 0 bridgehead atoms. The van der Waals surface area contributed by atoms with E-state index in [1.54, 1.807) is 24.3 Å². The van der Waals surface area contributed by atoms with Crippen LogP contribution in [0.25, 0.3) is 0 Å². The van der Waals surface area contributed by atoms with E-state index in [0.717, 1.165) is 11.1 Å². The monoisotopic (exact) mass is 475 g/mol. The fraction of sp³-hybridized carbons (Fsp3) is 0.214. The first-order valence-corrected chi connectivity index (χ1v) is 11.4. The molecular weight excluding hydrogens is 448 g/mol. The zero-order valence-electron chi connectivity index (χ0n) is 19.7. The van der Waals surface area contributed by atoms with Gasteiger partial charge in [0.2, 0.25) is 5.89 Å². The molecule has 35 heavy (non-hydrogen) atoms. The molecule has 7 heteroatoms. The zero-order chi connectivity index (χ0) is 24.8. The van der Waals surface area contributed by atoms with Crippen LogP contribution in [0.5, 0.6) is 0 Å². The number of carbonyl (C=O) groups is 1. The van der Waals surface area contributed by atoms with Gasteiger partial charge in [0.15, 0.2) is 5.69 Å². The molecule has 4 aromatic rings. The van der Waals surface area contributed by atoms with Gasteiger partial charge < -0.3 is 9.73 Å². The average Bonchev–Trinajstić information content (AvgIpc) is 3.30. The Morgan fingerprint density at radius 3 is 2.20 bits per heavy atom. The Kier molecular flexibility index (Phi) is 7.67. The maximum absolute atomic E-state index is 13.4. The third-order valence-corrected chi connectivity index (χ3v) is 5.72. The van der Waals surface area contributed by atoms with E-state index in [2.05, 4.69) is 47.2 Å². The summed E-state index contributed by atoms with van der Waals surface area (Å²) in [6.07, 6.45) is 1.34. The number of benzene rings is 3. The first-order chi connectivity index (χ1) is 16.9. The minimum absolute atomic E-state index is 0.176. The second-order valence-corrected chi connectivity index (χ2v) is 8.64. The highest BCUT2D eigenvalue weighted by atomic mass is 19.1. The summed E-state index contributed by atoms with van der Waals surface area (Å²) in [7, 11) is 0. The first kappa shape index (κ1) is 24.3. The molecule has 0 spiro atoms. The van der Waals surface area contributed by atoms with Crippen LogP contribution >= 0.6 is 0 Å². The van der Waals surface area contributed by atoms with E-state index >= 15 is 0 Å². The predicted molar refractivity (Wildman–Crippen MR) is 129 cm³/mol. The van der Waals surface area contributed by atoms with Gasteiger partial charge in [0.1, 0.15) is 17.9 Å². The molecule has 0 aliphatic heterocycles. The van der Waals surface area contributed by atoms with Gasteiger partial charge in [0, 0.05) is 19.6 Å². The van der Waals surface area contributed by atoms with Gasteiger partial charge in [-0.05, 0) is 60.4 Å². The van der Waals surface area contributed by atoms with E-state index < -0.39 is 0 Å². The predicted octanol–water partition coefficient (Wildman–Crippen LogP) is 5.70. The number of nitrogens with one attached hydrogen (secondary N) is 1. The summed E-state index contributed by atoms with van der Waals surface area (Å²) in [6, 6.07) is 18.7. The molecule has 0 radical (unpaired) electrons. The second-order valence-electron chi connectivity index (χ2n) is 8.64. The number of aryl methyl sites for hydroxylation is 2. The van der Waals surface area contributed by atoms with Gasteiger partial charge in [0.25, 0.3) is 5.91 Å². The van der Waals surface area contributed by atoms with Crippen molar-refractivity contribution in [3.8, 4) is 0 Å². The quantitative estimate of drug-likeness (QED) is 0.337. The maximum Gasteiger partial charge on any atom is 0.273 e. The summed E-state index contributed by atoms with van der Waals surface area (Å²) in [5.41, 5.74) is 5.46. The van der Waals surface area contributed by atoms with E-state index in [1.165, 1.54) is 47.2 Å². The lowest BCUT2D eigenvalue weighted by molar-refractivity contribution is 0.0945. The lowest BCUT2D eigenvalue weighted by Crippen LogP contribution is -2.24. The Balaban J connectivity index is 1.45. The van der Waals surface area contributed by atoms with Gasteiger partial charge in [-0.15, -0.1) is 0 Å². The highest BCUT2D eigenvalue weighted by Gasteiger charge is 2.16. The SMILES string of the molecule is Cc1ccc(CN(Cc2ccc(F)cc2)Cc2nc(C(=O)NCc3ccc(F)cc3)co2)c(C)c1. The lowest BCUT2D eigenvalue weighted by Gasteiger charge is -2.22. The minimum atomic E-state index is -0.371. The van der Waals surface area contributed by atoms with Crippen LogP contribution in [-0.4, -0.2) is 15.8 Å². The van der Waals surface area contributed by atoms with Crippen molar-refractivity contribution < 1.29 is 18.0 Å². The number of hydrogen-bond donors (Lipinski definition) is 1. The second kappa shape index (κ2) is 11.1. The molecule has 0 aliphatic rings. The van der Waals surface area contributed by atoms with Gasteiger partial charge in [-0.1, -0.05) is 48.0 Å². The Morgan fingerprint density at radius 1 is 0.886 bits per heavy atom. The molecule has 0 saturated heterocycles. The van der Waals surface area contributed by atoms with Crippen molar-refractivity contribution in [3.63, 3.8) is 0 Å². The molecule has 0 saturated carbocycles. The summed E-state index contributed by atoms with van der Waals surface area (Å²) < 4.78 is 32.0. The number of oxazole rings is 1. The van der Waals surface area contributed by atoms with E-state index in [0.29, 0.717) is 25.5 Å². The molecular formula is C28H27F2N3O2. The highest BCUT2D eigenvalue weighted by molar-refractivity contribution is 5.91. The molecule has 1 heterocycles. The number of hydrogen-bond acceptors (Lipinski definition) is 4. The van der Waals surface area contributed by atoms with Gasteiger partial charge in [-0.2, -0.15) is 0 Å². The van der Waals surface area contributed by atoms with Gasteiger partial charge in [-0.25, -0.2) is 13.8 Å². The van der Waals surface area contributed by atoms with Crippen molar-refractivity contribution in [2.24, 2.45) is 0 Å². The number of rotatable bonds is 9. The van der Waals surface area contributed by atoms with Crippen molar-refractivity contribution in [1.82, 2.24) is 15.2 Å². The number of nitrogens with zero attached hydrogens (tertiary/aromatic N) is 2. The largest absolute Gasteiger partial charge is 0.447 e. The van der Waals surface area contributed by atoms with Crippen molar-refractivity contribution >= 4 is 5.91 Å². The van der Waals surface area contributed by atoms with Gasteiger partial charge in [-0.3, -0.25) is 9.69 Å². The fourth-order valence-corrected chi connectivity index (χ4v) is 3.83. The number of halogens is 2. The summed E-state index contributed by atoms with van der Waals surface area (Å²) in [4.78, 5) is 19.0. The smallest absolute Gasteiger partial charge is 0.273 e. The summed E-state index contributed by atoms with van der Waals surface area (Å²) in [5, 5.41) is 2.77. The van der Waals surface area contributed by atoms with Crippen LogP contribution in [0.1, 0.15) is 44.2 Å². The molecule has 1 N–H and O–H groups in total. The summed E-state index contributed by atoms with van der Waals surface area (Å²) >= 11 is 0. The molecule has 0 atom stereocenters. The molecule has 0 fully saturated rings. The number of aromatic nitrogens is 1. The van der Waals surface area contributed by atoms with Crippen LogP contribution in [0.2, 0.25) is 0 Å². The third kappa shape index (κ3) is 6.83. The molecule has 1 aromatic heterocycles. The van der Waals surface area contributed by atoms with Crippen LogP contribution in [0, 0.1) is 25.5 Å². The Hall–Kier alpha value is -3.84. The zero-order valence-corrected chi connectivity index (χ0v) is 19.7. The van der Waals surface area contributed by atoms with Crippen LogP contribution in [-0.2, 0) is 26.2 Å². The standard InChI is InChI=1S/C28H27F2N3O2/c1-19-3-8-23(20(2)13-19)16-33(15-22-6-11-25(30)12-7-22)17-27-32-26(18-35-27)28(34)31-14-21-4-9-24(29)10-5-21/h3-13,18H,14-17H2,1-2H3,(H,31,34). The van der Waals surface area contributed by atoms with E-state index in [-0.39, 0.29) is 29.8 Å². The number of amides is 1. The van der Waals surface area contributed by atoms with Crippen LogP contribution < -0.4 is 5.32 Å². The molecule has 1 amide bonds. The minimum Gasteiger partial charge on any atom is -0.447 e. The van der Waals surface area contributed by atoms with E-state index in [9.17, 15) is 13.6 Å². The van der Waals surface area contributed by atoms with Gasteiger partial charge >= 0.3 is 0 Å². The van der Waals surface area contributed by atoms with Crippen molar-refractivity contribution in [2.45, 2.75) is 40.0 Å². The molecule has 0 aliphatic carbocycles. The fourth-order valence-electron chi connectivity index (χ4n) is 3.83. The molecule has 4 rings (SSSR count). The first-order valence-electron chi connectivity index (χ1n) is 11.4. The summed E-state index contributed by atoms with van der Waals surface area (Å²) in [5.74, 6) is -0.571. The van der Waals surface area contributed by atoms with Crippen molar-refractivity contribution in [3.05, 3.63) is 124 Å². The van der Waals surface area contributed by atoms with Gasteiger partial charge in [0.05, 0.1) is 6.54 Å². The summed E-state index contributed by atoms with van der Waals surface area (Å²) in [6.45, 7) is 5.95. The lowest BCUT2D eigenvalue weighted by atomic mass is 10.0. The van der Waals surface area contributed by atoms with Crippen molar-refractivity contribution in [1.29, 1.82) is 0 Å². The van der Waals surface area contributed by atoms with Crippen LogP contribution in [0.15, 0.2) is 77.4 Å². The Bertz CT molecular complexity index is 1280.